The first-order valence-corrected chi connectivity index (χ1v) is 8.51. The second kappa shape index (κ2) is 11.2. The number of hydrogen-bond acceptors (Lipinski definition) is 8. The quantitative estimate of drug-likeness (QED) is 0.406. The normalized spacial score (nSPS) is 18.1. The Hall–Kier alpha value is -2.69. The van der Waals surface area contributed by atoms with E-state index < -0.39 is 24.1 Å². The van der Waals surface area contributed by atoms with Gasteiger partial charge in [0.25, 0.3) is 0 Å². The van der Waals surface area contributed by atoms with Crippen LogP contribution < -0.4 is 10.1 Å². The highest BCUT2D eigenvalue weighted by atomic mass is 16.5. The van der Waals surface area contributed by atoms with Crippen LogP contribution in [0, 0.1) is 0 Å². The predicted molar refractivity (Wildman–Crippen MR) is 96.5 cm³/mol. The molecule has 1 aromatic carbocycles. The van der Waals surface area contributed by atoms with Gasteiger partial charge in [0.05, 0.1) is 14.2 Å². The van der Waals surface area contributed by atoms with Crippen molar-refractivity contribution in [1.82, 2.24) is 5.32 Å². The number of aliphatic carboxylic acids is 2. The van der Waals surface area contributed by atoms with E-state index in [1.807, 2.05) is 18.2 Å². The first-order chi connectivity index (χ1) is 13.2. The molecule has 156 valence electrons. The Morgan fingerprint density at radius 3 is 2.14 bits per heavy atom. The highest BCUT2D eigenvalue weighted by Crippen LogP contribution is 2.28. The fourth-order valence-corrected chi connectivity index (χ4v) is 2.66. The highest BCUT2D eigenvalue weighted by Gasteiger charge is 2.29. The minimum atomic E-state index is -2.27. The molecule has 0 amide bonds. The molecule has 10 nitrogen and oxygen atoms in total. The molecule has 0 spiro atoms. The van der Waals surface area contributed by atoms with Crippen LogP contribution in [0.1, 0.15) is 34.7 Å². The van der Waals surface area contributed by atoms with E-state index in [0.717, 1.165) is 19.5 Å². The van der Waals surface area contributed by atoms with E-state index in [0.29, 0.717) is 17.2 Å². The molecule has 0 radical (unpaired) electrons. The van der Waals surface area contributed by atoms with E-state index in [1.165, 1.54) is 19.1 Å². The number of carboxylic acids is 2. The van der Waals surface area contributed by atoms with Gasteiger partial charge in [-0.15, -0.1) is 0 Å². The Morgan fingerprint density at radius 1 is 1.11 bits per heavy atom. The monoisotopic (exact) mass is 399 g/mol. The van der Waals surface area contributed by atoms with Crippen LogP contribution in [0.2, 0.25) is 0 Å². The van der Waals surface area contributed by atoms with Crippen LogP contribution in [0.25, 0.3) is 0 Å². The van der Waals surface area contributed by atoms with Crippen molar-refractivity contribution in [3.63, 3.8) is 0 Å². The van der Waals surface area contributed by atoms with Crippen molar-refractivity contribution in [2.75, 3.05) is 27.3 Å². The van der Waals surface area contributed by atoms with Gasteiger partial charge in [0.1, 0.15) is 11.3 Å². The van der Waals surface area contributed by atoms with Gasteiger partial charge >= 0.3 is 17.9 Å². The second-order valence-electron chi connectivity index (χ2n) is 6.06. The number of methoxy groups -OCH3 is 2. The van der Waals surface area contributed by atoms with Gasteiger partial charge in [-0.25, -0.2) is 14.4 Å². The van der Waals surface area contributed by atoms with Crippen LogP contribution in [0.15, 0.2) is 18.2 Å². The van der Waals surface area contributed by atoms with Crippen LogP contribution in [-0.2, 0) is 14.3 Å². The van der Waals surface area contributed by atoms with Crippen LogP contribution in [0.5, 0.6) is 5.75 Å². The zero-order chi connectivity index (χ0) is 21.3. The number of ether oxygens (including phenoxy) is 2. The molecule has 0 aromatic heterocycles. The molecule has 0 saturated carbocycles. The van der Waals surface area contributed by atoms with E-state index in [1.54, 1.807) is 7.11 Å². The summed E-state index contributed by atoms with van der Waals surface area (Å²) in [5, 5.41) is 35.9. The van der Waals surface area contributed by atoms with Crippen molar-refractivity contribution in [3.8, 4) is 5.75 Å². The fraction of sp³-hybridized carbons (Fsp3) is 0.500. The molecule has 0 bridgehead atoms. The van der Waals surface area contributed by atoms with Gasteiger partial charge in [-0.05, 0) is 43.0 Å². The number of rotatable bonds is 6. The Balaban J connectivity index is 0.000000336. The number of aliphatic hydroxyl groups excluding tert-OH is 2. The number of esters is 1. The molecule has 1 heterocycles. The molecule has 0 aliphatic carbocycles. The summed E-state index contributed by atoms with van der Waals surface area (Å²) >= 11 is 0. The summed E-state index contributed by atoms with van der Waals surface area (Å²) < 4.78 is 9.98. The summed E-state index contributed by atoms with van der Waals surface area (Å²) in [4.78, 5) is 31.3. The maximum atomic E-state index is 11.7. The summed E-state index contributed by atoms with van der Waals surface area (Å²) in [6.45, 7) is 2.05. The third-order valence-electron chi connectivity index (χ3n) is 4.20. The Bertz CT molecular complexity index is 668. The molecule has 1 unspecified atom stereocenters. The third-order valence-corrected chi connectivity index (χ3v) is 4.20. The third kappa shape index (κ3) is 6.48. The zero-order valence-corrected chi connectivity index (χ0v) is 15.6. The lowest BCUT2D eigenvalue weighted by Crippen LogP contribution is -2.39. The van der Waals surface area contributed by atoms with E-state index in [4.69, 9.17) is 29.9 Å². The molecule has 1 aliphatic heterocycles. The van der Waals surface area contributed by atoms with Crippen LogP contribution in [0.3, 0.4) is 0 Å². The van der Waals surface area contributed by atoms with Crippen LogP contribution >= 0.6 is 0 Å². The van der Waals surface area contributed by atoms with Gasteiger partial charge in [-0.2, -0.15) is 0 Å². The summed E-state index contributed by atoms with van der Waals surface area (Å²) in [6.07, 6.45) is -2.21. The van der Waals surface area contributed by atoms with Gasteiger partial charge in [0.2, 0.25) is 0 Å². The molecular formula is C18H25NO9. The standard InChI is InChI=1S/C14H19NO3.C4H6O6/c1-17-13-6-5-10(8-12(13)14(16)18-2)11-4-3-7-15-9-11;5-1(3(7)8)2(6)4(9)10/h5-6,8,11,15H,3-4,7,9H2,1-2H3;1-2,5-6H,(H,7,8)(H,9,10)/t;1-,2-/m.0/s1. The fourth-order valence-electron chi connectivity index (χ4n) is 2.66. The highest BCUT2D eigenvalue weighted by molar-refractivity contribution is 5.92. The van der Waals surface area contributed by atoms with Gasteiger partial charge in [0, 0.05) is 6.54 Å². The zero-order valence-electron chi connectivity index (χ0n) is 15.6. The lowest BCUT2D eigenvalue weighted by Gasteiger charge is -2.23. The Labute approximate surface area is 161 Å². The van der Waals surface area contributed by atoms with Gasteiger partial charge in [-0.3, -0.25) is 0 Å². The molecule has 1 fully saturated rings. The van der Waals surface area contributed by atoms with E-state index in [9.17, 15) is 14.4 Å². The van der Waals surface area contributed by atoms with Crippen LogP contribution in [0.4, 0.5) is 0 Å². The number of benzene rings is 1. The van der Waals surface area contributed by atoms with Gasteiger partial charge in [-0.1, -0.05) is 6.07 Å². The number of aliphatic hydroxyl groups is 2. The van der Waals surface area contributed by atoms with Gasteiger partial charge in [0.15, 0.2) is 12.2 Å². The Kier molecular flexibility index (Phi) is 9.36. The Morgan fingerprint density at radius 2 is 1.71 bits per heavy atom. The minimum Gasteiger partial charge on any atom is -0.496 e. The van der Waals surface area contributed by atoms with Crippen molar-refractivity contribution < 1.29 is 44.3 Å². The molecule has 10 heteroatoms. The van der Waals surface area contributed by atoms with E-state index >= 15 is 0 Å². The van der Waals surface area contributed by atoms with Crippen molar-refractivity contribution in [2.24, 2.45) is 0 Å². The molecule has 2 rings (SSSR count). The topological polar surface area (TPSA) is 163 Å². The molecule has 1 saturated heterocycles. The first-order valence-electron chi connectivity index (χ1n) is 8.51. The summed E-state index contributed by atoms with van der Waals surface area (Å²) in [5.41, 5.74) is 1.67. The number of hydrogen-bond donors (Lipinski definition) is 5. The largest absolute Gasteiger partial charge is 0.496 e. The number of carbonyl (C=O) groups is 3. The first kappa shape index (κ1) is 23.3. The molecule has 1 aromatic rings. The summed E-state index contributed by atoms with van der Waals surface area (Å²) in [6, 6.07) is 5.77. The van der Waals surface area contributed by atoms with Crippen molar-refractivity contribution >= 4 is 17.9 Å². The lowest BCUT2D eigenvalue weighted by atomic mass is 9.90. The summed E-state index contributed by atoms with van der Waals surface area (Å²) in [5.74, 6) is -2.86. The average Bonchev–Trinajstić information content (AvgIpc) is 2.72. The number of carboxylic acid groups (broad SMARTS) is 2. The predicted octanol–water partition coefficient (Wildman–Crippen LogP) is -0.174. The van der Waals surface area contributed by atoms with Crippen molar-refractivity contribution in [1.29, 1.82) is 0 Å². The smallest absolute Gasteiger partial charge is 0.341 e. The maximum absolute atomic E-state index is 11.7. The molecule has 3 atom stereocenters. The van der Waals surface area contributed by atoms with Gasteiger partial charge < -0.3 is 35.2 Å². The molecule has 5 N–H and O–H groups in total. The number of piperidine rings is 1. The minimum absolute atomic E-state index is 0.350. The second-order valence-corrected chi connectivity index (χ2v) is 6.06. The van der Waals surface area contributed by atoms with Crippen LogP contribution in [-0.4, -0.2) is 77.9 Å². The summed E-state index contributed by atoms with van der Waals surface area (Å²) in [7, 11) is 2.94. The molecule has 1 aliphatic rings. The molecule has 28 heavy (non-hydrogen) atoms. The van der Waals surface area contributed by atoms with Crippen molar-refractivity contribution in [2.45, 2.75) is 31.0 Å². The number of nitrogens with one attached hydrogen (secondary N) is 1. The van der Waals surface area contributed by atoms with E-state index in [2.05, 4.69) is 5.32 Å². The van der Waals surface area contributed by atoms with Crippen molar-refractivity contribution in [3.05, 3.63) is 29.3 Å². The van der Waals surface area contributed by atoms with E-state index in [-0.39, 0.29) is 5.97 Å². The number of carbonyl (C=O) groups excluding carboxylic acids is 1. The lowest BCUT2D eigenvalue weighted by molar-refractivity contribution is -0.165. The maximum Gasteiger partial charge on any atom is 0.341 e. The SMILES string of the molecule is COC(=O)c1cc(C2CCCNC2)ccc1OC.O=C(O)[C@@H](O)[C@H](O)C(=O)O. The average molecular weight is 399 g/mol. The molecular weight excluding hydrogens is 374 g/mol.